The molecule has 0 saturated heterocycles. The van der Waals surface area contributed by atoms with E-state index in [0.717, 1.165) is 22.4 Å². The number of ether oxygens (including phenoxy) is 2. The maximum absolute atomic E-state index is 12.1. The number of esters is 1. The second kappa shape index (κ2) is 8.44. The van der Waals surface area contributed by atoms with Gasteiger partial charge in [0.25, 0.3) is 0 Å². The first-order valence-electron chi connectivity index (χ1n) is 8.16. The third-order valence-electron chi connectivity index (χ3n) is 3.89. The summed E-state index contributed by atoms with van der Waals surface area (Å²) >= 11 is 0. The Morgan fingerprint density at radius 1 is 1.16 bits per heavy atom. The van der Waals surface area contributed by atoms with Gasteiger partial charge in [-0.05, 0) is 55.2 Å². The normalized spacial score (nSPS) is 11.7. The van der Waals surface area contributed by atoms with Crippen LogP contribution < -0.4 is 10.5 Å². The average molecular weight is 341 g/mol. The summed E-state index contributed by atoms with van der Waals surface area (Å²) < 4.78 is 10.2. The third-order valence-corrected chi connectivity index (χ3v) is 3.89. The summed E-state index contributed by atoms with van der Waals surface area (Å²) in [6.07, 6.45) is 0.317. The lowest BCUT2D eigenvalue weighted by Gasteiger charge is -2.14. The predicted molar refractivity (Wildman–Crippen MR) is 96.7 cm³/mol. The summed E-state index contributed by atoms with van der Waals surface area (Å²) in [5.74, 6) is 0.230. The molecule has 2 aromatic carbocycles. The number of hydrogen-bond acceptors (Lipinski definition) is 5. The Hall–Kier alpha value is -2.66. The number of hydrogen-bond donors (Lipinski definition) is 1. The van der Waals surface area contributed by atoms with Gasteiger partial charge >= 0.3 is 5.97 Å². The van der Waals surface area contributed by atoms with Crippen molar-refractivity contribution in [3.05, 3.63) is 53.6 Å². The number of carbonyl (C=O) groups is 2. The highest BCUT2D eigenvalue weighted by molar-refractivity contribution is 6.01. The molecule has 1 atom stereocenters. The van der Waals surface area contributed by atoms with Crippen molar-refractivity contribution in [2.24, 2.45) is 5.73 Å². The van der Waals surface area contributed by atoms with Crippen molar-refractivity contribution in [3.63, 3.8) is 0 Å². The van der Waals surface area contributed by atoms with Gasteiger partial charge in [-0.2, -0.15) is 0 Å². The van der Waals surface area contributed by atoms with Gasteiger partial charge in [0.15, 0.2) is 5.78 Å². The molecule has 2 rings (SSSR count). The van der Waals surface area contributed by atoms with E-state index in [9.17, 15) is 9.59 Å². The first-order valence-corrected chi connectivity index (χ1v) is 8.16. The van der Waals surface area contributed by atoms with E-state index in [1.54, 1.807) is 20.1 Å². The van der Waals surface area contributed by atoms with Gasteiger partial charge in [0.05, 0.1) is 13.7 Å². The first-order chi connectivity index (χ1) is 12.0. The summed E-state index contributed by atoms with van der Waals surface area (Å²) in [6, 6.07) is 12.3. The Morgan fingerprint density at radius 3 is 2.56 bits per heavy atom. The minimum Gasteiger partial charge on any atom is -0.497 e. The molecule has 0 fully saturated rings. The van der Waals surface area contributed by atoms with Crippen LogP contribution in [0.3, 0.4) is 0 Å². The van der Waals surface area contributed by atoms with Crippen LogP contribution in [0.5, 0.6) is 5.75 Å². The van der Waals surface area contributed by atoms with Crippen molar-refractivity contribution >= 4 is 11.8 Å². The maximum Gasteiger partial charge on any atom is 0.323 e. The molecular formula is C20H23NO4. The van der Waals surface area contributed by atoms with Gasteiger partial charge in [0, 0.05) is 5.56 Å². The summed E-state index contributed by atoms with van der Waals surface area (Å²) in [6.45, 7) is 3.55. The highest BCUT2D eigenvalue weighted by Crippen LogP contribution is 2.28. The van der Waals surface area contributed by atoms with Gasteiger partial charge < -0.3 is 15.2 Å². The number of Topliss-reactive ketones (excluding diaryl/α,β-unsaturated/α-hetero) is 1. The topological polar surface area (TPSA) is 78.6 Å². The quantitative estimate of drug-likeness (QED) is 0.619. The van der Waals surface area contributed by atoms with Crippen LogP contribution in [0.1, 0.15) is 29.8 Å². The van der Waals surface area contributed by atoms with Crippen LogP contribution in [0.4, 0.5) is 0 Å². The van der Waals surface area contributed by atoms with Crippen LogP contribution in [0.25, 0.3) is 11.1 Å². The van der Waals surface area contributed by atoms with E-state index >= 15 is 0 Å². The molecule has 0 aliphatic rings. The van der Waals surface area contributed by atoms with Crippen molar-refractivity contribution in [1.82, 2.24) is 0 Å². The molecule has 0 aliphatic heterocycles. The smallest absolute Gasteiger partial charge is 0.323 e. The van der Waals surface area contributed by atoms with Crippen molar-refractivity contribution in [1.29, 1.82) is 0 Å². The Morgan fingerprint density at radius 2 is 1.92 bits per heavy atom. The van der Waals surface area contributed by atoms with E-state index in [4.69, 9.17) is 15.2 Å². The number of methoxy groups -OCH3 is 1. The highest BCUT2D eigenvalue weighted by Gasteiger charge is 2.17. The Kier molecular flexibility index (Phi) is 6.31. The van der Waals surface area contributed by atoms with Crippen LogP contribution in [0.2, 0.25) is 0 Å². The fraction of sp³-hybridized carbons (Fsp3) is 0.300. The predicted octanol–water partition coefficient (Wildman–Crippen LogP) is 3.00. The van der Waals surface area contributed by atoms with Crippen molar-refractivity contribution in [2.75, 3.05) is 13.7 Å². The minimum absolute atomic E-state index is 0.0515. The zero-order valence-corrected chi connectivity index (χ0v) is 14.7. The Balaban J connectivity index is 2.34. The molecule has 25 heavy (non-hydrogen) atoms. The van der Waals surface area contributed by atoms with Crippen LogP contribution in [-0.4, -0.2) is 31.5 Å². The molecule has 2 N–H and O–H groups in total. The zero-order valence-electron chi connectivity index (χ0n) is 14.7. The van der Waals surface area contributed by atoms with Crippen molar-refractivity contribution in [3.8, 4) is 16.9 Å². The summed E-state index contributed by atoms with van der Waals surface area (Å²) in [5, 5.41) is 0. The van der Waals surface area contributed by atoms with E-state index in [1.807, 2.05) is 36.4 Å². The molecule has 5 nitrogen and oxygen atoms in total. The fourth-order valence-corrected chi connectivity index (χ4v) is 2.64. The molecule has 0 saturated carbocycles. The second-order valence-corrected chi connectivity index (χ2v) is 5.73. The summed E-state index contributed by atoms with van der Waals surface area (Å²) in [5.41, 5.74) is 8.99. The molecule has 0 spiro atoms. The van der Waals surface area contributed by atoms with Gasteiger partial charge in [-0.3, -0.25) is 9.59 Å². The summed E-state index contributed by atoms with van der Waals surface area (Å²) in [4.78, 5) is 23.8. The lowest BCUT2D eigenvalue weighted by molar-refractivity contribution is -0.144. The average Bonchev–Trinajstić information content (AvgIpc) is 2.61. The number of rotatable bonds is 7. The van der Waals surface area contributed by atoms with Crippen LogP contribution in [-0.2, 0) is 16.0 Å². The van der Waals surface area contributed by atoms with E-state index in [2.05, 4.69) is 0 Å². The van der Waals surface area contributed by atoms with E-state index in [1.165, 1.54) is 6.92 Å². The largest absolute Gasteiger partial charge is 0.497 e. The summed E-state index contributed by atoms with van der Waals surface area (Å²) in [7, 11) is 1.60. The van der Waals surface area contributed by atoms with Crippen LogP contribution >= 0.6 is 0 Å². The van der Waals surface area contributed by atoms with E-state index in [0.29, 0.717) is 18.6 Å². The molecule has 2 aromatic rings. The second-order valence-electron chi connectivity index (χ2n) is 5.73. The van der Waals surface area contributed by atoms with Crippen LogP contribution in [0, 0.1) is 0 Å². The number of ketones is 1. The fourth-order valence-electron chi connectivity index (χ4n) is 2.64. The Bertz CT molecular complexity index is 770. The molecule has 0 aromatic heterocycles. The molecule has 0 bridgehead atoms. The molecule has 0 amide bonds. The zero-order chi connectivity index (χ0) is 18.4. The maximum atomic E-state index is 12.1. The number of carbonyl (C=O) groups excluding carboxylic acids is 2. The first kappa shape index (κ1) is 18.7. The molecule has 0 aliphatic carbocycles. The highest BCUT2D eigenvalue weighted by atomic mass is 16.5. The Labute approximate surface area is 147 Å². The minimum atomic E-state index is -0.748. The van der Waals surface area contributed by atoms with Gasteiger partial charge in [0.1, 0.15) is 11.8 Å². The molecule has 0 heterocycles. The lowest BCUT2D eigenvalue weighted by Crippen LogP contribution is -2.34. The molecule has 0 unspecified atom stereocenters. The SMILES string of the molecule is CCOC(=O)[C@@H](N)Cc1ccc(-c2cccc(OC)c2)c(C(C)=O)c1. The molecular weight excluding hydrogens is 318 g/mol. The van der Waals surface area contributed by atoms with Crippen LogP contribution in [0.15, 0.2) is 42.5 Å². The molecule has 5 heteroatoms. The van der Waals surface area contributed by atoms with Gasteiger partial charge in [-0.15, -0.1) is 0 Å². The standard InChI is InChI=1S/C20H23NO4/c1-4-25-20(23)19(21)11-14-8-9-17(18(10-14)13(2)22)15-6-5-7-16(12-15)24-3/h5-10,12,19H,4,11,21H2,1-3H3/t19-/m0/s1. The van der Waals surface area contributed by atoms with Gasteiger partial charge in [-0.25, -0.2) is 0 Å². The molecule has 0 radical (unpaired) electrons. The number of nitrogens with two attached hydrogens (primary N) is 1. The van der Waals surface area contributed by atoms with E-state index in [-0.39, 0.29) is 5.78 Å². The van der Waals surface area contributed by atoms with Crippen molar-refractivity contribution < 1.29 is 19.1 Å². The van der Waals surface area contributed by atoms with Gasteiger partial charge in [-0.1, -0.05) is 24.3 Å². The third kappa shape index (κ3) is 4.67. The van der Waals surface area contributed by atoms with E-state index < -0.39 is 12.0 Å². The monoisotopic (exact) mass is 341 g/mol. The lowest BCUT2D eigenvalue weighted by atomic mass is 9.93. The van der Waals surface area contributed by atoms with Gasteiger partial charge in [0.2, 0.25) is 0 Å². The molecule has 132 valence electrons. The van der Waals surface area contributed by atoms with Crippen molar-refractivity contribution in [2.45, 2.75) is 26.3 Å². The number of benzene rings is 2.